The number of amides is 1. The average Bonchev–Trinajstić information content (AvgIpc) is 3.23. The molecule has 2 saturated heterocycles. The quantitative estimate of drug-likeness (QED) is 0.692. The summed E-state index contributed by atoms with van der Waals surface area (Å²) in [6.45, 7) is 0.740. The highest BCUT2D eigenvalue weighted by molar-refractivity contribution is 7.10. The van der Waals surface area contributed by atoms with Crippen LogP contribution >= 0.6 is 11.3 Å². The smallest absolute Gasteiger partial charge is 0.223 e. The molecule has 4 heterocycles. The largest absolute Gasteiger partial charge is 0.339 e. The molecule has 0 radical (unpaired) electrons. The molecule has 2 fully saturated rings. The summed E-state index contributed by atoms with van der Waals surface area (Å²) in [4.78, 5) is 24.4. The molecule has 4 nitrogen and oxygen atoms in total. The van der Waals surface area contributed by atoms with Crippen molar-refractivity contribution in [1.29, 1.82) is 0 Å². The van der Waals surface area contributed by atoms with Crippen molar-refractivity contribution in [1.82, 2.24) is 14.9 Å². The lowest BCUT2D eigenvalue weighted by molar-refractivity contribution is -0.137. The molecule has 1 amide bonds. The Kier molecular flexibility index (Phi) is 5.04. The van der Waals surface area contributed by atoms with E-state index in [0.717, 1.165) is 48.6 Å². The number of piperidine rings is 1. The van der Waals surface area contributed by atoms with Gasteiger partial charge in [0.15, 0.2) is 0 Å². The first-order chi connectivity index (χ1) is 14.2. The number of thiazole rings is 1. The van der Waals surface area contributed by atoms with Gasteiger partial charge in [0.25, 0.3) is 0 Å². The molecule has 2 aromatic heterocycles. The summed E-state index contributed by atoms with van der Waals surface area (Å²) >= 11 is 1.67. The molecule has 0 bridgehead atoms. The molecule has 0 aromatic carbocycles. The zero-order chi connectivity index (χ0) is 19.8. The fourth-order valence-electron chi connectivity index (χ4n) is 4.90. The number of hydrogen-bond acceptors (Lipinski definition) is 4. The highest BCUT2D eigenvalue weighted by Crippen LogP contribution is 2.39. The van der Waals surface area contributed by atoms with Crippen LogP contribution in [0.2, 0.25) is 0 Å². The molecule has 4 atom stereocenters. The van der Waals surface area contributed by atoms with Gasteiger partial charge in [0, 0.05) is 36.5 Å². The molecule has 5 rings (SSSR count). The van der Waals surface area contributed by atoms with Crippen molar-refractivity contribution < 1.29 is 9.18 Å². The lowest BCUT2D eigenvalue weighted by Crippen LogP contribution is -2.48. The molecular weight excluding hydrogens is 385 g/mol. The molecule has 4 unspecified atom stereocenters. The van der Waals surface area contributed by atoms with Crippen LogP contribution in [0.25, 0.3) is 11.4 Å². The Morgan fingerprint density at radius 2 is 2.00 bits per heavy atom. The van der Waals surface area contributed by atoms with Crippen LogP contribution in [-0.4, -0.2) is 33.4 Å². The minimum atomic E-state index is -0.160. The second-order valence-electron chi connectivity index (χ2n) is 8.28. The second kappa shape index (κ2) is 7.82. The Bertz CT molecular complexity index is 954. The van der Waals surface area contributed by atoms with Gasteiger partial charge in [-0.3, -0.25) is 9.78 Å². The second-order valence-corrected chi connectivity index (χ2v) is 9.17. The predicted molar refractivity (Wildman–Crippen MR) is 112 cm³/mol. The van der Waals surface area contributed by atoms with Crippen LogP contribution < -0.4 is 0 Å². The van der Waals surface area contributed by atoms with Crippen LogP contribution in [0.4, 0.5) is 4.39 Å². The maximum absolute atomic E-state index is 13.7. The predicted octanol–water partition coefficient (Wildman–Crippen LogP) is 5.12. The molecule has 0 spiro atoms. The van der Waals surface area contributed by atoms with E-state index in [1.807, 2.05) is 24.3 Å². The first-order valence-corrected chi connectivity index (χ1v) is 11.3. The van der Waals surface area contributed by atoms with Gasteiger partial charge in [-0.15, -0.1) is 11.3 Å². The maximum atomic E-state index is 13.7. The number of nitrogens with zero attached hydrogens (tertiary/aromatic N) is 3. The first-order valence-electron chi connectivity index (χ1n) is 10.4. The van der Waals surface area contributed by atoms with Gasteiger partial charge in [0.2, 0.25) is 5.91 Å². The van der Waals surface area contributed by atoms with Gasteiger partial charge in [-0.05, 0) is 61.8 Å². The summed E-state index contributed by atoms with van der Waals surface area (Å²) in [6, 6.07) is 6.13. The molecule has 1 aliphatic carbocycles. The number of fused-ring (bicyclic) bond motifs is 2. The van der Waals surface area contributed by atoms with Crippen molar-refractivity contribution in [3.63, 3.8) is 0 Å². The molecule has 2 aromatic rings. The lowest BCUT2D eigenvalue weighted by atomic mass is 9.78. The Morgan fingerprint density at radius 1 is 1.10 bits per heavy atom. The molecular formula is C23H24FN3OS. The van der Waals surface area contributed by atoms with Crippen LogP contribution in [0.3, 0.4) is 0 Å². The van der Waals surface area contributed by atoms with E-state index in [-0.39, 0.29) is 35.5 Å². The van der Waals surface area contributed by atoms with Gasteiger partial charge in [-0.1, -0.05) is 12.1 Å². The summed E-state index contributed by atoms with van der Waals surface area (Å²) in [6.07, 6.45) is 11.3. The molecule has 0 saturated carbocycles. The number of aromatic nitrogens is 2. The standard InChI is InChI=1S/C23H24FN3OS/c24-18-7-4-16-12-22(28)27-13-17(6-9-19(27)8-5-15(16)11-18)23-26-21(14-29-23)20-3-1-2-10-25-20/h1-4,7,10-11,14-17,19H,5-6,8-9,12-13H2. The molecule has 0 N–H and O–H groups in total. The third-order valence-electron chi connectivity index (χ3n) is 6.49. The fourth-order valence-corrected chi connectivity index (χ4v) is 5.85. The fraction of sp³-hybridized carbons (Fsp3) is 0.435. The van der Waals surface area contributed by atoms with Gasteiger partial charge in [0.1, 0.15) is 5.83 Å². The van der Waals surface area contributed by atoms with Crippen LogP contribution in [0.5, 0.6) is 0 Å². The molecule has 2 aliphatic heterocycles. The summed E-state index contributed by atoms with van der Waals surface area (Å²) in [5, 5.41) is 3.16. The summed E-state index contributed by atoms with van der Waals surface area (Å²) in [5.74, 6) is 0.610. The van der Waals surface area contributed by atoms with Crippen LogP contribution in [0, 0.1) is 11.8 Å². The Labute approximate surface area is 174 Å². The zero-order valence-electron chi connectivity index (χ0n) is 16.2. The van der Waals surface area contributed by atoms with E-state index < -0.39 is 0 Å². The van der Waals surface area contributed by atoms with Crippen molar-refractivity contribution in [3.05, 3.63) is 58.8 Å². The van der Waals surface area contributed by atoms with Gasteiger partial charge >= 0.3 is 0 Å². The van der Waals surface area contributed by atoms with Crippen LogP contribution in [0.1, 0.15) is 43.0 Å². The number of carbonyl (C=O) groups is 1. The molecule has 6 heteroatoms. The normalized spacial score (nSPS) is 29.5. The molecule has 150 valence electrons. The minimum Gasteiger partial charge on any atom is -0.339 e. The lowest BCUT2D eigenvalue weighted by Gasteiger charge is -2.42. The van der Waals surface area contributed by atoms with Crippen molar-refractivity contribution in [2.24, 2.45) is 11.8 Å². The monoisotopic (exact) mass is 409 g/mol. The number of rotatable bonds is 2. The average molecular weight is 410 g/mol. The van der Waals surface area contributed by atoms with E-state index >= 15 is 0 Å². The third-order valence-corrected chi connectivity index (χ3v) is 7.50. The maximum Gasteiger partial charge on any atom is 0.223 e. The number of halogens is 1. The van der Waals surface area contributed by atoms with E-state index in [1.54, 1.807) is 23.6 Å². The zero-order valence-corrected chi connectivity index (χ0v) is 17.0. The van der Waals surface area contributed by atoms with Crippen molar-refractivity contribution in [2.45, 2.75) is 44.1 Å². The summed E-state index contributed by atoms with van der Waals surface area (Å²) < 4.78 is 13.7. The van der Waals surface area contributed by atoms with Gasteiger partial charge in [-0.2, -0.15) is 0 Å². The van der Waals surface area contributed by atoms with E-state index in [0.29, 0.717) is 6.42 Å². The summed E-state index contributed by atoms with van der Waals surface area (Å²) in [7, 11) is 0. The number of allylic oxidation sites excluding steroid dienone is 4. The van der Waals surface area contributed by atoms with Crippen molar-refractivity contribution in [2.75, 3.05) is 6.54 Å². The first kappa shape index (κ1) is 18.7. The van der Waals surface area contributed by atoms with Crippen molar-refractivity contribution in [3.8, 4) is 11.4 Å². The Hall–Kier alpha value is -2.34. The highest BCUT2D eigenvalue weighted by atomic mass is 32.1. The van der Waals surface area contributed by atoms with Crippen molar-refractivity contribution >= 4 is 17.2 Å². The van der Waals surface area contributed by atoms with E-state index in [2.05, 4.69) is 15.3 Å². The van der Waals surface area contributed by atoms with E-state index in [9.17, 15) is 9.18 Å². The van der Waals surface area contributed by atoms with Gasteiger partial charge in [0.05, 0.1) is 16.4 Å². The SMILES string of the molecule is O=C1CC2C=CC(F)=CC2CCC2CCC(c3nc(-c4ccccn4)cs3)CN12. The van der Waals surface area contributed by atoms with Crippen LogP contribution in [0.15, 0.2) is 53.8 Å². The van der Waals surface area contributed by atoms with E-state index in [1.165, 1.54) is 6.08 Å². The number of carbonyl (C=O) groups excluding carboxylic acids is 1. The Morgan fingerprint density at radius 3 is 2.86 bits per heavy atom. The van der Waals surface area contributed by atoms with Crippen LogP contribution in [-0.2, 0) is 4.79 Å². The topological polar surface area (TPSA) is 46.1 Å². The third kappa shape index (κ3) is 3.78. The van der Waals surface area contributed by atoms with E-state index in [4.69, 9.17) is 4.98 Å². The van der Waals surface area contributed by atoms with Gasteiger partial charge < -0.3 is 4.90 Å². The summed E-state index contributed by atoms with van der Waals surface area (Å²) in [5.41, 5.74) is 1.80. The number of pyridine rings is 1. The number of hydrogen-bond donors (Lipinski definition) is 0. The molecule has 3 aliphatic rings. The van der Waals surface area contributed by atoms with Gasteiger partial charge in [-0.25, -0.2) is 9.37 Å². The minimum absolute atomic E-state index is 0.124. The Balaban J connectivity index is 1.32. The highest BCUT2D eigenvalue weighted by Gasteiger charge is 2.37. The molecule has 29 heavy (non-hydrogen) atoms.